The molecule has 0 atom stereocenters. The van der Waals surface area contributed by atoms with Crippen LogP contribution in [0.5, 0.6) is 5.75 Å². The highest BCUT2D eigenvalue weighted by molar-refractivity contribution is 7.80. The van der Waals surface area contributed by atoms with Crippen molar-refractivity contribution in [2.24, 2.45) is 5.73 Å². The van der Waals surface area contributed by atoms with E-state index in [9.17, 15) is 4.39 Å². The number of nitrogens with two attached hydrogens (primary N) is 1. The minimum absolute atomic E-state index is 0.176. The lowest BCUT2D eigenvalue weighted by Gasteiger charge is -2.22. The smallest absolute Gasteiger partial charge is 0.147 e. The maximum atomic E-state index is 14.2. The SMILES string of the molecule is COc1ccccc1N(C)c1ccc(C(N)=S)cc1F. The van der Waals surface area contributed by atoms with Gasteiger partial charge >= 0.3 is 0 Å². The molecule has 104 valence electrons. The molecule has 0 aliphatic rings. The van der Waals surface area contributed by atoms with Gasteiger partial charge in [-0.25, -0.2) is 4.39 Å². The molecule has 0 aliphatic carbocycles. The van der Waals surface area contributed by atoms with Gasteiger partial charge in [0.1, 0.15) is 16.6 Å². The van der Waals surface area contributed by atoms with Crippen LogP contribution in [0.1, 0.15) is 5.56 Å². The van der Waals surface area contributed by atoms with Gasteiger partial charge in [-0.05, 0) is 30.3 Å². The van der Waals surface area contributed by atoms with E-state index in [1.807, 2.05) is 24.3 Å². The summed E-state index contributed by atoms with van der Waals surface area (Å²) in [5.41, 5.74) is 7.21. The van der Waals surface area contributed by atoms with Crippen LogP contribution in [0, 0.1) is 5.82 Å². The molecule has 2 aromatic carbocycles. The first kappa shape index (κ1) is 14.3. The monoisotopic (exact) mass is 290 g/mol. The molecule has 0 saturated carbocycles. The van der Waals surface area contributed by atoms with E-state index in [2.05, 4.69) is 0 Å². The number of benzene rings is 2. The molecule has 5 heteroatoms. The fourth-order valence-electron chi connectivity index (χ4n) is 1.97. The van der Waals surface area contributed by atoms with Crippen molar-refractivity contribution in [3.63, 3.8) is 0 Å². The van der Waals surface area contributed by atoms with Gasteiger partial charge in [0, 0.05) is 12.6 Å². The fraction of sp³-hybridized carbons (Fsp3) is 0.133. The van der Waals surface area contributed by atoms with Crippen LogP contribution in [0.3, 0.4) is 0 Å². The molecule has 2 N–H and O–H groups in total. The summed E-state index contributed by atoms with van der Waals surface area (Å²) < 4.78 is 19.5. The summed E-state index contributed by atoms with van der Waals surface area (Å²) in [7, 11) is 3.36. The van der Waals surface area contributed by atoms with Crippen molar-refractivity contribution in [2.75, 3.05) is 19.1 Å². The highest BCUT2D eigenvalue weighted by atomic mass is 32.1. The van der Waals surface area contributed by atoms with Crippen LogP contribution in [0.15, 0.2) is 42.5 Å². The number of methoxy groups -OCH3 is 1. The minimum Gasteiger partial charge on any atom is -0.495 e. The number of rotatable bonds is 4. The molecular formula is C15H15FN2OS. The Balaban J connectivity index is 2.43. The third-order valence-electron chi connectivity index (χ3n) is 3.04. The second kappa shape index (κ2) is 5.88. The highest BCUT2D eigenvalue weighted by Gasteiger charge is 2.14. The minimum atomic E-state index is -0.385. The maximum absolute atomic E-state index is 14.2. The molecule has 0 bridgehead atoms. The molecule has 2 rings (SSSR count). The molecule has 0 spiro atoms. The van der Waals surface area contributed by atoms with Gasteiger partial charge in [-0.1, -0.05) is 24.4 Å². The molecule has 20 heavy (non-hydrogen) atoms. The first-order valence-corrected chi connectivity index (χ1v) is 6.41. The summed E-state index contributed by atoms with van der Waals surface area (Å²) in [6.45, 7) is 0. The van der Waals surface area contributed by atoms with Crippen molar-refractivity contribution in [1.29, 1.82) is 0 Å². The Morgan fingerprint density at radius 3 is 2.50 bits per heavy atom. The molecule has 0 saturated heterocycles. The standard InChI is InChI=1S/C15H15FN2OS/c1-18(13-5-3-4-6-14(13)19-2)12-8-7-10(15(17)20)9-11(12)16/h3-9H,1-2H3,(H2,17,20). The predicted octanol–water partition coefficient (Wildman–Crippen LogP) is 3.24. The van der Waals surface area contributed by atoms with Crippen molar-refractivity contribution < 1.29 is 9.13 Å². The number of thiocarbonyl (C=S) groups is 1. The van der Waals surface area contributed by atoms with Gasteiger partial charge < -0.3 is 15.4 Å². The van der Waals surface area contributed by atoms with Crippen molar-refractivity contribution in [1.82, 2.24) is 0 Å². The molecule has 0 aliphatic heterocycles. The lowest BCUT2D eigenvalue weighted by atomic mass is 10.1. The largest absolute Gasteiger partial charge is 0.495 e. The van der Waals surface area contributed by atoms with E-state index in [4.69, 9.17) is 22.7 Å². The Bertz CT molecular complexity index is 646. The molecule has 3 nitrogen and oxygen atoms in total. The summed E-state index contributed by atoms with van der Waals surface area (Å²) in [6, 6.07) is 12.1. The van der Waals surface area contributed by atoms with E-state index >= 15 is 0 Å². The highest BCUT2D eigenvalue weighted by Crippen LogP contribution is 2.33. The van der Waals surface area contributed by atoms with Crippen LogP contribution in [0.2, 0.25) is 0 Å². The topological polar surface area (TPSA) is 38.5 Å². The summed E-state index contributed by atoms with van der Waals surface area (Å²) in [6.07, 6.45) is 0. The lowest BCUT2D eigenvalue weighted by molar-refractivity contribution is 0.415. The number of para-hydroxylation sites is 2. The third-order valence-corrected chi connectivity index (χ3v) is 3.28. The Labute approximate surface area is 122 Å². The van der Waals surface area contributed by atoms with E-state index in [-0.39, 0.29) is 10.8 Å². The van der Waals surface area contributed by atoms with E-state index in [0.29, 0.717) is 17.0 Å². The average Bonchev–Trinajstić information content (AvgIpc) is 2.46. The average molecular weight is 290 g/mol. The molecular weight excluding hydrogens is 275 g/mol. The Hall–Kier alpha value is -2.14. The first-order chi connectivity index (χ1) is 9.54. The fourth-order valence-corrected chi connectivity index (χ4v) is 2.10. The van der Waals surface area contributed by atoms with Gasteiger partial charge in [0.05, 0.1) is 18.5 Å². The Morgan fingerprint density at radius 2 is 1.90 bits per heavy atom. The summed E-state index contributed by atoms with van der Waals surface area (Å²) in [5.74, 6) is 0.288. The van der Waals surface area contributed by atoms with E-state index in [1.165, 1.54) is 6.07 Å². The number of anilines is 2. The van der Waals surface area contributed by atoms with Gasteiger partial charge in [-0.3, -0.25) is 0 Å². The van der Waals surface area contributed by atoms with E-state index in [0.717, 1.165) is 5.69 Å². The normalized spacial score (nSPS) is 10.2. The van der Waals surface area contributed by atoms with Gasteiger partial charge in [0.25, 0.3) is 0 Å². The van der Waals surface area contributed by atoms with Crippen LogP contribution in [-0.2, 0) is 0 Å². The Kier molecular flexibility index (Phi) is 4.20. The van der Waals surface area contributed by atoms with Gasteiger partial charge in [-0.2, -0.15) is 0 Å². The molecule has 0 fully saturated rings. The summed E-state index contributed by atoms with van der Waals surface area (Å²) >= 11 is 4.84. The zero-order valence-corrected chi connectivity index (χ0v) is 12.1. The van der Waals surface area contributed by atoms with Crippen LogP contribution >= 0.6 is 12.2 Å². The van der Waals surface area contributed by atoms with Crippen LogP contribution in [-0.4, -0.2) is 19.1 Å². The van der Waals surface area contributed by atoms with Crippen LogP contribution in [0.25, 0.3) is 0 Å². The van der Waals surface area contributed by atoms with Crippen molar-refractivity contribution in [3.8, 4) is 5.75 Å². The number of halogens is 1. The van der Waals surface area contributed by atoms with E-state index < -0.39 is 0 Å². The van der Waals surface area contributed by atoms with Crippen LogP contribution < -0.4 is 15.4 Å². The molecule has 0 radical (unpaired) electrons. The third kappa shape index (κ3) is 2.72. The summed E-state index contributed by atoms with van der Waals surface area (Å²) in [5, 5.41) is 0. The maximum Gasteiger partial charge on any atom is 0.147 e. The van der Waals surface area contributed by atoms with Gasteiger partial charge in [0.2, 0.25) is 0 Å². The lowest BCUT2D eigenvalue weighted by Crippen LogP contribution is -2.14. The van der Waals surface area contributed by atoms with Crippen LogP contribution in [0.4, 0.5) is 15.8 Å². The number of hydrogen-bond acceptors (Lipinski definition) is 3. The predicted molar refractivity (Wildman–Crippen MR) is 83.3 cm³/mol. The molecule has 0 aromatic heterocycles. The zero-order valence-electron chi connectivity index (χ0n) is 11.3. The van der Waals surface area contributed by atoms with Gasteiger partial charge in [0.15, 0.2) is 0 Å². The molecule has 0 amide bonds. The van der Waals surface area contributed by atoms with E-state index in [1.54, 1.807) is 31.2 Å². The second-order valence-corrected chi connectivity index (χ2v) is 4.70. The zero-order chi connectivity index (χ0) is 14.7. The Morgan fingerprint density at radius 1 is 1.20 bits per heavy atom. The van der Waals surface area contributed by atoms with Crippen molar-refractivity contribution >= 4 is 28.6 Å². The second-order valence-electron chi connectivity index (χ2n) is 4.26. The summed E-state index contributed by atoms with van der Waals surface area (Å²) in [4.78, 5) is 1.90. The quantitative estimate of drug-likeness (QED) is 0.877. The number of ether oxygens (including phenoxy) is 1. The first-order valence-electron chi connectivity index (χ1n) is 6.00. The molecule has 2 aromatic rings. The molecule has 0 unspecified atom stereocenters. The van der Waals surface area contributed by atoms with Crippen molar-refractivity contribution in [2.45, 2.75) is 0 Å². The number of nitrogens with zero attached hydrogens (tertiary/aromatic N) is 1. The number of hydrogen-bond donors (Lipinski definition) is 1. The van der Waals surface area contributed by atoms with Crippen molar-refractivity contribution in [3.05, 3.63) is 53.8 Å². The molecule has 0 heterocycles. The van der Waals surface area contributed by atoms with Gasteiger partial charge in [-0.15, -0.1) is 0 Å².